The molecule has 2 aliphatic heterocycles. The zero-order chi connectivity index (χ0) is 11.2. The van der Waals surface area contributed by atoms with Gasteiger partial charge in [0.2, 0.25) is 0 Å². The largest absolute Gasteiger partial charge is 0.382 e. The van der Waals surface area contributed by atoms with Crippen LogP contribution in [-0.2, 0) is 4.79 Å². The second kappa shape index (κ2) is 3.56. The van der Waals surface area contributed by atoms with Crippen molar-refractivity contribution in [3.05, 3.63) is 0 Å². The molecule has 2 aliphatic rings. The number of Topliss-reactive ketones (excluding diaryl/α,β-unsaturated/α-hetero) is 1. The van der Waals surface area contributed by atoms with Gasteiger partial charge in [0.15, 0.2) is 5.78 Å². The normalized spacial score (nSPS) is 41.1. The van der Waals surface area contributed by atoms with Crippen molar-refractivity contribution in [3.63, 3.8) is 0 Å². The molecule has 2 heterocycles. The third-order valence-corrected chi connectivity index (χ3v) is 4.07. The van der Waals surface area contributed by atoms with Crippen molar-refractivity contribution in [2.45, 2.75) is 70.2 Å². The topological polar surface area (TPSA) is 40.5 Å². The number of piperidine rings is 1. The van der Waals surface area contributed by atoms with E-state index in [1.54, 1.807) is 0 Å². The predicted molar refractivity (Wildman–Crippen MR) is 58.6 cm³/mol. The van der Waals surface area contributed by atoms with Crippen LogP contribution < -0.4 is 0 Å². The average molecular weight is 211 g/mol. The SMILES string of the molecule is CC(=O)C1(O)CC2CCC(C1)N2C(C)C. The standard InChI is InChI=1S/C12H21NO2/c1-8(2)13-10-4-5-11(13)7-12(15,6-10)9(3)14/h8,10-11,15H,4-7H2,1-3H3. The monoisotopic (exact) mass is 211 g/mol. The molecule has 3 heteroatoms. The fraction of sp³-hybridized carbons (Fsp3) is 0.917. The van der Waals surface area contributed by atoms with Crippen molar-refractivity contribution in [3.8, 4) is 0 Å². The molecule has 0 saturated carbocycles. The van der Waals surface area contributed by atoms with Gasteiger partial charge in [0.25, 0.3) is 0 Å². The van der Waals surface area contributed by atoms with Crippen molar-refractivity contribution in [1.29, 1.82) is 0 Å². The summed E-state index contributed by atoms with van der Waals surface area (Å²) in [4.78, 5) is 13.9. The lowest BCUT2D eigenvalue weighted by Gasteiger charge is -2.44. The quantitative estimate of drug-likeness (QED) is 0.749. The highest BCUT2D eigenvalue weighted by Crippen LogP contribution is 2.42. The molecule has 2 bridgehead atoms. The fourth-order valence-corrected chi connectivity index (χ4v) is 3.39. The summed E-state index contributed by atoms with van der Waals surface area (Å²) in [5, 5.41) is 10.3. The predicted octanol–water partition coefficient (Wildman–Crippen LogP) is 1.34. The van der Waals surface area contributed by atoms with Gasteiger partial charge in [-0.3, -0.25) is 9.69 Å². The molecular formula is C12H21NO2. The van der Waals surface area contributed by atoms with E-state index >= 15 is 0 Å². The average Bonchev–Trinajstić information content (AvgIpc) is 2.39. The van der Waals surface area contributed by atoms with Crippen LogP contribution in [0.1, 0.15) is 46.5 Å². The molecule has 2 unspecified atom stereocenters. The Balaban J connectivity index is 2.18. The Labute approximate surface area is 91.5 Å². The van der Waals surface area contributed by atoms with E-state index in [4.69, 9.17) is 0 Å². The summed E-state index contributed by atoms with van der Waals surface area (Å²) in [5.74, 6) is -0.0530. The van der Waals surface area contributed by atoms with Crippen LogP contribution in [0.2, 0.25) is 0 Å². The maximum atomic E-state index is 11.4. The van der Waals surface area contributed by atoms with E-state index in [1.807, 2.05) is 0 Å². The number of carbonyl (C=O) groups excluding carboxylic acids is 1. The first-order valence-electron chi connectivity index (χ1n) is 5.95. The van der Waals surface area contributed by atoms with Crippen molar-refractivity contribution in [2.24, 2.45) is 0 Å². The fourth-order valence-electron chi connectivity index (χ4n) is 3.39. The molecule has 0 aromatic rings. The first-order chi connectivity index (χ1) is 6.94. The molecule has 1 N–H and O–H groups in total. The first-order valence-corrected chi connectivity index (χ1v) is 5.95. The minimum absolute atomic E-state index is 0.0530. The molecule has 86 valence electrons. The molecule has 0 amide bonds. The van der Waals surface area contributed by atoms with Crippen LogP contribution in [0.4, 0.5) is 0 Å². The van der Waals surface area contributed by atoms with Gasteiger partial charge in [-0.15, -0.1) is 0 Å². The van der Waals surface area contributed by atoms with Crippen molar-refractivity contribution in [1.82, 2.24) is 4.90 Å². The van der Waals surface area contributed by atoms with Gasteiger partial charge in [0.05, 0.1) is 0 Å². The van der Waals surface area contributed by atoms with Gasteiger partial charge in [0.1, 0.15) is 5.60 Å². The Hall–Kier alpha value is -0.410. The first kappa shape index (κ1) is 11.1. The summed E-state index contributed by atoms with van der Waals surface area (Å²) in [6.07, 6.45) is 3.55. The highest BCUT2D eigenvalue weighted by molar-refractivity contribution is 5.85. The number of nitrogens with zero attached hydrogens (tertiary/aromatic N) is 1. The maximum absolute atomic E-state index is 11.4. The maximum Gasteiger partial charge on any atom is 0.161 e. The molecule has 2 fully saturated rings. The van der Waals surface area contributed by atoms with Crippen molar-refractivity contribution in [2.75, 3.05) is 0 Å². The molecule has 0 spiro atoms. The second-order valence-electron chi connectivity index (χ2n) is 5.42. The zero-order valence-electron chi connectivity index (χ0n) is 9.86. The van der Waals surface area contributed by atoms with Gasteiger partial charge in [-0.25, -0.2) is 0 Å². The van der Waals surface area contributed by atoms with Crippen LogP contribution in [0.3, 0.4) is 0 Å². The molecule has 0 aromatic carbocycles. The number of rotatable bonds is 2. The smallest absolute Gasteiger partial charge is 0.161 e. The van der Waals surface area contributed by atoms with E-state index in [2.05, 4.69) is 18.7 Å². The van der Waals surface area contributed by atoms with Gasteiger partial charge in [-0.2, -0.15) is 0 Å². The zero-order valence-corrected chi connectivity index (χ0v) is 9.86. The lowest BCUT2D eigenvalue weighted by atomic mass is 9.82. The Bertz CT molecular complexity index is 261. The Kier molecular flexibility index (Phi) is 2.63. The van der Waals surface area contributed by atoms with Gasteiger partial charge in [0, 0.05) is 18.1 Å². The molecular weight excluding hydrogens is 190 g/mol. The summed E-state index contributed by atoms with van der Waals surface area (Å²) in [5.41, 5.74) is -1.03. The van der Waals surface area contributed by atoms with Gasteiger partial charge >= 0.3 is 0 Å². The number of hydrogen-bond donors (Lipinski definition) is 1. The summed E-state index contributed by atoms with van der Waals surface area (Å²) in [7, 11) is 0. The van der Waals surface area contributed by atoms with Crippen LogP contribution in [0, 0.1) is 0 Å². The number of fused-ring (bicyclic) bond motifs is 2. The highest BCUT2D eigenvalue weighted by Gasteiger charge is 2.50. The molecule has 3 nitrogen and oxygen atoms in total. The van der Waals surface area contributed by atoms with Gasteiger partial charge in [-0.05, 0) is 46.5 Å². The third kappa shape index (κ3) is 1.72. The second-order valence-corrected chi connectivity index (χ2v) is 5.42. The van der Waals surface area contributed by atoms with Crippen LogP contribution in [0.5, 0.6) is 0 Å². The van der Waals surface area contributed by atoms with Crippen LogP contribution >= 0.6 is 0 Å². The van der Waals surface area contributed by atoms with Gasteiger partial charge < -0.3 is 5.11 Å². The molecule has 0 aromatic heterocycles. The van der Waals surface area contributed by atoms with E-state index in [-0.39, 0.29) is 5.78 Å². The molecule has 0 radical (unpaired) electrons. The Morgan fingerprint density at radius 3 is 2.13 bits per heavy atom. The number of hydrogen-bond acceptors (Lipinski definition) is 3. The Morgan fingerprint density at radius 1 is 1.33 bits per heavy atom. The summed E-state index contributed by atoms with van der Waals surface area (Å²) in [6.45, 7) is 5.91. The lowest BCUT2D eigenvalue weighted by Crippen LogP contribution is -2.55. The number of carbonyl (C=O) groups is 1. The van der Waals surface area contributed by atoms with Crippen LogP contribution in [-0.4, -0.2) is 39.5 Å². The minimum Gasteiger partial charge on any atom is -0.382 e. The van der Waals surface area contributed by atoms with Crippen LogP contribution in [0.25, 0.3) is 0 Å². The third-order valence-electron chi connectivity index (χ3n) is 4.07. The van der Waals surface area contributed by atoms with Crippen LogP contribution in [0.15, 0.2) is 0 Å². The molecule has 0 aliphatic carbocycles. The van der Waals surface area contributed by atoms with Crippen molar-refractivity contribution < 1.29 is 9.90 Å². The summed E-state index contributed by atoms with van der Waals surface area (Å²) in [6, 6.07) is 1.36. The van der Waals surface area contributed by atoms with Gasteiger partial charge in [-0.1, -0.05) is 0 Å². The van der Waals surface area contributed by atoms with E-state index in [9.17, 15) is 9.90 Å². The Morgan fingerprint density at radius 2 is 1.80 bits per heavy atom. The van der Waals surface area contributed by atoms with E-state index in [0.29, 0.717) is 31.0 Å². The number of ketones is 1. The minimum atomic E-state index is -1.03. The lowest BCUT2D eigenvalue weighted by molar-refractivity contribution is -0.144. The van der Waals surface area contributed by atoms with E-state index in [0.717, 1.165) is 12.8 Å². The number of aliphatic hydroxyl groups is 1. The molecule has 2 saturated heterocycles. The van der Waals surface area contributed by atoms with E-state index in [1.165, 1.54) is 6.92 Å². The molecule has 2 rings (SSSR count). The summed E-state index contributed by atoms with van der Waals surface area (Å²) >= 11 is 0. The van der Waals surface area contributed by atoms with E-state index < -0.39 is 5.60 Å². The molecule has 2 atom stereocenters. The highest BCUT2D eigenvalue weighted by atomic mass is 16.3. The molecule has 15 heavy (non-hydrogen) atoms. The summed E-state index contributed by atoms with van der Waals surface area (Å²) < 4.78 is 0. The van der Waals surface area contributed by atoms with Crippen molar-refractivity contribution >= 4 is 5.78 Å².